The third-order valence-corrected chi connectivity index (χ3v) is 5.76. The quantitative estimate of drug-likeness (QED) is 0.943. The number of sulfonamides is 1. The number of anilines is 1. The van der Waals surface area contributed by atoms with Crippen LogP contribution in [0.15, 0.2) is 53.4 Å². The van der Waals surface area contributed by atoms with E-state index in [0.29, 0.717) is 17.5 Å². The van der Waals surface area contributed by atoms with Gasteiger partial charge in [0.15, 0.2) is 0 Å². The summed E-state index contributed by atoms with van der Waals surface area (Å²) in [6.07, 6.45) is 0.862. The molecular weight excluding hydrogens is 296 g/mol. The maximum atomic E-state index is 12.7. The highest BCUT2D eigenvalue weighted by Gasteiger charge is 2.24. The van der Waals surface area contributed by atoms with Gasteiger partial charge in [-0.15, -0.1) is 0 Å². The lowest BCUT2D eigenvalue weighted by atomic mass is 10.1. The van der Waals surface area contributed by atoms with Crippen molar-refractivity contribution in [2.75, 3.05) is 12.4 Å². The summed E-state index contributed by atoms with van der Waals surface area (Å²) in [6.45, 7) is 2.46. The van der Waals surface area contributed by atoms with Gasteiger partial charge in [0.25, 0.3) is 0 Å². The molecule has 2 aromatic carbocycles. The van der Waals surface area contributed by atoms with E-state index in [4.69, 9.17) is 0 Å². The Balaban J connectivity index is 1.85. The lowest BCUT2D eigenvalue weighted by Gasteiger charge is -2.18. The number of fused-ring (bicyclic) bond motifs is 1. The molecule has 4 nitrogen and oxygen atoms in total. The molecule has 1 atom stereocenters. The fraction of sp³-hybridized carbons (Fsp3) is 0.294. The summed E-state index contributed by atoms with van der Waals surface area (Å²) >= 11 is 0. The van der Waals surface area contributed by atoms with Crippen LogP contribution in [-0.2, 0) is 23.0 Å². The molecule has 22 heavy (non-hydrogen) atoms. The highest BCUT2D eigenvalue weighted by Crippen LogP contribution is 2.29. The van der Waals surface area contributed by atoms with Crippen LogP contribution in [0.25, 0.3) is 0 Å². The van der Waals surface area contributed by atoms with Gasteiger partial charge >= 0.3 is 0 Å². The molecule has 0 spiro atoms. The Morgan fingerprint density at radius 1 is 1.18 bits per heavy atom. The van der Waals surface area contributed by atoms with Crippen molar-refractivity contribution >= 4 is 15.7 Å². The van der Waals surface area contributed by atoms with Crippen LogP contribution in [0, 0.1) is 0 Å². The van der Waals surface area contributed by atoms with Crippen LogP contribution >= 0.6 is 0 Å². The summed E-state index contributed by atoms with van der Waals surface area (Å²) in [5.41, 5.74) is 3.09. The fourth-order valence-electron chi connectivity index (χ4n) is 2.79. The van der Waals surface area contributed by atoms with Crippen LogP contribution in [0.4, 0.5) is 5.69 Å². The topological polar surface area (TPSA) is 49.4 Å². The van der Waals surface area contributed by atoms with E-state index in [9.17, 15) is 8.42 Å². The number of nitrogens with zero attached hydrogens (tertiary/aromatic N) is 1. The molecule has 5 heteroatoms. The molecule has 1 heterocycles. The van der Waals surface area contributed by atoms with E-state index in [-0.39, 0.29) is 0 Å². The molecule has 1 aliphatic heterocycles. The Labute approximate surface area is 131 Å². The van der Waals surface area contributed by atoms with E-state index in [0.717, 1.165) is 23.2 Å². The lowest BCUT2D eigenvalue weighted by molar-refractivity contribution is 0.466. The van der Waals surface area contributed by atoms with E-state index < -0.39 is 10.0 Å². The van der Waals surface area contributed by atoms with Crippen molar-refractivity contribution in [2.24, 2.45) is 0 Å². The zero-order chi connectivity index (χ0) is 15.7. The highest BCUT2D eigenvalue weighted by molar-refractivity contribution is 7.89. The minimum Gasteiger partial charge on any atom is -0.382 e. The molecule has 0 aliphatic carbocycles. The molecule has 1 aliphatic rings. The minimum absolute atomic E-state index is 0.356. The van der Waals surface area contributed by atoms with Crippen molar-refractivity contribution < 1.29 is 8.42 Å². The van der Waals surface area contributed by atoms with Gasteiger partial charge in [-0.25, -0.2) is 8.42 Å². The Morgan fingerprint density at radius 3 is 2.64 bits per heavy atom. The van der Waals surface area contributed by atoms with Crippen LogP contribution in [0.2, 0.25) is 0 Å². The van der Waals surface area contributed by atoms with Crippen molar-refractivity contribution in [1.82, 2.24) is 4.31 Å². The van der Waals surface area contributed by atoms with E-state index in [1.807, 2.05) is 36.4 Å². The molecule has 0 bridgehead atoms. The number of benzene rings is 2. The third kappa shape index (κ3) is 2.87. The highest BCUT2D eigenvalue weighted by atomic mass is 32.2. The second kappa shape index (κ2) is 5.74. The van der Waals surface area contributed by atoms with Crippen molar-refractivity contribution in [2.45, 2.75) is 30.8 Å². The largest absolute Gasteiger partial charge is 0.382 e. The summed E-state index contributed by atoms with van der Waals surface area (Å²) in [5, 5.41) is 3.34. The molecule has 0 unspecified atom stereocenters. The first-order valence-electron chi connectivity index (χ1n) is 7.36. The molecule has 0 radical (unpaired) electrons. The van der Waals surface area contributed by atoms with Crippen LogP contribution in [0.3, 0.4) is 0 Å². The summed E-state index contributed by atoms with van der Waals surface area (Å²) in [7, 11) is -1.85. The SMILES string of the molecule is C[C@H]1Cc2cc(S(=O)(=O)N(C)Cc3ccccc3)ccc2N1. The monoisotopic (exact) mass is 316 g/mol. The molecule has 2 aromatic rings. The molecule has 1 N–H and O–H groups in total. The van der Waals surface area contributed by atoms with Gasteiger partial charge in [-0.3, -0.25) is 0 Å². The van der Waals surface area contributed by atoms with Gasteiger partial charge in [0.05, 0.1) is 4.90 Å². The van der Waals surface area contributed by atoms with Gasteiger partial charge < -0.3 is 5.32 Å². The van der Waals surface area contributed by atoms with Gasteiger partial charge in [-0.2, -0.15) is 4.31 Å². The van der Waals surface area contributed by atoms with Gasteiger partial charge in [0.1, 0.15) is 0 Å². The van der Waals surface area contributed by atoms with E-state index in [2.05, 4.69) is 12.2 Å². The van der Waals surface area contributed by atoms with Crippen LogP contribution < -0.4 is 5.32 Å². The Bertz CT molecular complexity index is 773. The maximum absolute atomic E-state index is 12.7. The molecule has 0 fully saturated rings. The first kappa shape index (κ1) is 15.1. The van der Waals surface area contributed by atoms with E-state index in [1.54, 1.807) is 19.2 Å². The van der Waals surface area contributed by atoms with Crippen molar-refractivity contribution in [3.8, 4) is 0 Å². The standard InChI is InChI=1S/C17H20N2O2S/c1-13-10-15-11-16(8-9-17(15)18-13)22(20,21)19(2)12-14-6-4-3-5-7-14/h3-9,11,13,18H,10,12H2,1-2H3/t13-/m0/s1. The molecule has 0 aromatic heterocycles. The van der Waals surface area contributed by atoms with Crippen LogP contribution in [-0.4, -0.2) is 25.8 Å². The smallest absolute Gasteiger partial charge is 0.243 e. The van der Waals surface area contributed by atoms with Gasteiger partial charge in [0, 0.05) is 25.3 Å². The number of hydrogen-bond donors (Lipinski definition) is 1. The molecule has 0 saturated heterocycles. The Hall–Kier alpha value is -1.85. The molecule has 116 valence electrons. The summed E-state index contributed by atoms with van der Waals surface area (Å²) in [5.74, 6) is 0. The molecule has 0 saturated carbocycles. The third-order valence-electron chi connectivity index (χ3n) is 3.96. The summed E-state index contributed by atoms with van der Waals surface area (Å²) in [4.78, 5) is 0.362. The minimum atomic E-state index is -3.47. The zero-order valence-corrected chi connectivity index (χ0v) is 13.6. The number of hydrogen-bond acceptors (Lipinski definition) is 3. The molecular formula is C17H20N2O2S. The predicted molar refractivity (Wildman–Crippen MR) is 88.3 cm³/mol. The second-order valence-corrected chi connectivity index (χ2v) is 7.86. The Morgan fingerprint density at radius 2 is 1.91 bits per heavy atom. The lowest BCUT2D eigenvalue weighted by Crippen LogP contribution is -2.26. The van der Waals surface area contributed by atoms with Crippen LogP contribution in [0.1, 0.15) is 18.1 Å². The van der Waals surface area contributed by atoms with Gasteiger partial charge in [-0.1, -0.05) is 30.3 Å². The average Bonchev–Trinajstić information content (AvgIpc) is 2.87. The van der Waals surface area contributed by atoms with E-state index in [1.165, 1.54) is 4.31 Å². The summed E-state index contributed by atoms with van der Waals surface area (Å²) in [6, 6.07) is 15.3. The normalized spacial score (nSPS) is 17.3. The summed E-state index contributed by atoms with van der Waals surface area (Å²) < 4.78 is 26.8. The van der Waals surface area contributed by atoms with Crippen molar-refractivity contribution in [3.63, 3.8) is 0 Å². The second-order valence-electron chi connectivity index (χ2n) is 5.82. The van der Waals surface area contributed by atoms with Gasteiger partial charge in [-0.05, 0) is 42.7 Å². The predicted octanol–water partition coefficient (Wildman–Crippen LogP) is 2.86. The van der Waals surface area contributed by atoms with Crippen molar-refractivity contribution in [3.05, 3.63) is 59.7 Å². The molecule has 0 amide bonds. The van der Waals surface area contributed by atoms with Crippen LogP contribution in [0.5, 0.6) is 0 Å². The van der Waals surface area contributed by atoms with E-state index >= 15 is 0 Å². The Kier molecular flexibility index (Phi) is 3.93. The molecule has 3 rings (SSSR count). The fourth-order valence-corrected chi connectivity index (χ4v) is 4.00. The van der Waals surface area contributed by atoms with Gasteiger partial charge in [0.2, 0.25) is 10.0 Å². The first-order chi connectivity index (χ1) is 10.5. The zero-order valence-electron chi connectivity index (χ0n) is 12.8. The maximum Gasteiger partial charge on any atom is 0.243 e. The van der Waals surface area contributed by atoms with Crippen molar-refractivity contribution in [1.29, 1.82) is 0 Å². The number of rotatable bonds is 4. The first-order valence-corrected chi connectivity index (χ1v) is 8.80. The average molecular weight is 316 g/mol. The number of nitrogens with one attached hydrogen (secondary N) is 1.